The van der Waals surface area contributed by atoms with E-state index in [1.165, 1.54) is 12.0 Å². The number of allylic oxidation sites excluding steroid dienone is 1. The molecule has 0 aromatic heterocycles. The van der Waals surface area contributed by atoms with Crippen molar-refractivity contribution in [2.24, 2.45) is 34.5 Å². The second-order valence-electron chi connectivity index (χ2n) is 11.4. The van der Waals surface area contributed by atoms with Crippen molar-refractivity contribution in [1.82, 2.24) is 0 Å². The molecular weight excluding hydrogens is 380 g/mol. The number of hydrogen-bond donors (Lipinski definition) is 0. The van der Waals surface area contributed by atoms with Gasteiger partial charge in [-0.2, -0.15) is 0 Å². The molecule has 2 heterocycles. The van der Waals surface area contributed by atoms with Crippen LogP contribution in [-0.4, -0.2) is 43.8 Å². The Labute approximate surface area is 179 Å². The maximum Gasteiger partial charge on any atom is 0.172 e. The van der Waals surface area contributed by atoms with E-state index in [1.807, 2.05) is 6.08 Å². The summed E-state index contributed by atoms with van der Waals surface area (Å²) in [4.78, 5) is 13.6. The van der Waals surface area contributed by atoms with Crippen LogP contribution in [-0.2, 0) is 23.7 Å². The first kappa shape index (κ1) is 19.9. The highest BCUT2D eigenvalue weighted by molar-refractivity contribution is 5.94. The summed E-state index contributed by atoms with van der Waals surface area (Å²) in [6.07, 6.45) is 9.29. The van der Waals surface area contributed by atoms with Gasteiger partial charge in [-0.15, -0.1) is 0 Å². The van der Waals surface area contributed by atoms with Gasteiger partial charge in [-0.05, 0) is 67.8 Å². The molecule has 0 aromatic rings. The van der Waals surface area contributed by atoms with E-state index in [2.05, 4.69) is 20.8 Å². The molecule has 0 bridgehead atoms. The Hall–Kier alpha value is -0.750. The van der Waals surface area contributed by atoms with Gasteiger partial charge >= 0.3 is 0 Å². The van der Waals surface area contributed by atoms with Crippen molar-refractivity contribution < 1.29 is 23.7 Å². The molecular formula is C25H36O5. The number of rotatable bonds is 1. The molecule has 0 N–H and O–H groups in total. The Morgan fingerprint density at radius 1 is 0.833 bits per heavy atom. The molecule has 5 nitrogen and oxygen atoms in total. The van der Waals surface area contributed by atoms with Crippen molar-refractivity contribution in [2.45, 2.75) is 77.3 Å². The van der Waals surface area contributed by atoms with E-state index in [4.69, 9.17) is 18.9 Å². The van der Waals surface area contributed by atoms with Gasteiger partial charge in [-0.1, -0.05) is 19.4 Å². The molecule has 0 amide bonds. The summed E-state index contributed by atoms with van der Waals surface area (Å²) in [5.74, 6) is 0.810. The molecule has 6 aliphatic rings. The molecule has 6 rings (SSSR count). The largest absolute Gasteiger partial charge is 0.348 e. The quantitative estimate of drug-likeness (QED) is 0.640. The summed E-state index contributed by atoms with van der Waals surface area (Å²) in [6.45, 7) is 9.71. The Balaban J connectivity index is 1.33. The fraction of sp³-hybridized carbons (Fsp3) is 0.880. The molecule has 4 aliphatic carbocycles. The lowest BCUT2D eigenvalue weighted by Crippen LogP contribution is -2.56. The molecule has 6 atom stereocenters. The lowest BCUT2D eigenvalue weighted by Gasteiger charge is -2.58. The number of carbonyl (C=O) groups excluding carboxylic acids is 1. The summed E-state index contributed by atoms with van der Waals surface area (Å²) in [6, 6.07) is 0. The van der Waals surface area contributed by atoms with Crippen molar-refractivity contribution in [1.29, 1.82) is 0 Å². The van der Waals surface area contributed by atoms with Crippen molar-refractivity contribution >= 4 is 5.78 Å². The molecule has 0 aromatic carbocycles. The van der Waals surface area contributed by atoms with Crippen LogP contribution in [0.15, 0.2) is 11.6 Å². The van der Waals surface area contributed by atoms with Gasteiger partial charge in [0.1, 0.15) is 0 Å². The number of fused-ring (bicyclic) bond motifs is 5. The van der Waals surface area contributed by atoms with Crippen LogP contribution in [0.3, 0.4) is 0 Å². The maximum absolute atomic E-state index is 13.6. The van der Waals surface area contributed by atoms with E-state index in [1.54, 1.807) is 0 Å². The zero-order chi connectivity index (χ0) is 20.8. The summed E-state index contributed by atoms with van der Waals surface area (Å²) in [5.41, 5.74) is 1.50. The van der Waals surface area contributed by atoms with E-state index in [0.717, 1.165) is 38.5 Å². The number of carbonyl (C=O) groups is 1. The lowest BCUT2D eigenvalue weighted by atomic mass is 9.46. The Bertz CT molecular complexity index is 776. The normalized spacial score (nSPS) is 48.9. The standard InChI is InChI=1S/C25H36O5/c1-22-8-9-25(29-12-13-30-25)15-16(22)14-19(26)21-17-4-5-20(24(3)27-10-11-28-24)23(17,2)7-6-18(21)22/h14,17-18,20-21H,4-13,15H2,1-3H3/t17-,18-,20?,21?,22-,23?/m0/s1. The fourth-order valence-corrected chi connectivity index (χ4v) is 8.69. The topological polar surface area (TPSA) is 54.0 Å². The van der Waals surface area contributed by atoms with Crippen LogP contribution in [0.25, 0.3) is 0 Å². The summed E-state index contributed by atoms with van der Waals surface area (Å²) in [7, 11) is 0. The van der Waals surface area contributed by atoms with Crippen LogP contribution in [0.2, 0.25) is 0 Å². The van der Waals surface area contributed by atoms with Gasteiger partial charge in [-0.3, -0.25) is 4.79 Å². The van der Waals surface area contributed by atoms with Gasteiger partial charge in [-0.25, -0.2) is 0 Å². The zero-order valence-electron chi connectivity index (χ0n) is 18.7. The molecule has 1 spiro atoms. The first-order valence-electron chi connectivity index (χ1n) is 12.1. The molecule has 5 fully saturated rings. The Morgan fingerprint density at radius 3 is 2.27 bits per heavy atom. The predicted octanol–water partition coefficient (Wildman–Crippen LogP) is 4.25. The predicted molar refractivity (Wildman–Crippen MR) is 111 cm³/mol. The second kappa shape index (κ2) is 6.40. The smallest absolute Gasteiger partial charge is 0.172 e. The average molecular weight is 417 g/mol. The highest BCUT2D eigenvalue weighted by Crippen LogP contribution is 2.68. The third kappa shape index (κ3) is 2.52. The third-order valence-corrected chi connectivity index (χ3v) is 10.3. The monoisotopic (exact) mass is 416 g/mol. The van der Waals surface area contributed by atoms with Crippen LogP contribution in [0.1, 0.15) is 65.7 Å². The highest BCUT2D eigenvalue weighted by atomic mass is 16.7. The lowest BCUT2D eigenvalue weighted by molar-refractivity contribution is -0.216. The second-order valence-corrected chi connectivity index (χ2v) is 11.4. The third-order valence-electron chi connectivity index (χ3n) is 10.3. The SMILES string of the molecule is CC1(C2CC[C@H]3C4C(=O)C=C5CC6(CC[C@]5(C)[C@H]4CCC23C)OCCO6)OCCO1. The number of ether oxygens (including phenoxy) is 4. The van der Waals surface area contributed by atoms with Crippen molar-refractivity contribution in [3.8, 4) is 0 Å². The minimum Gasteiger partial charge on any atom is -0.348 e. The molecule has 3 unspecified atom stereocenters. The average Bonchev–Trinajstić information content (AvgIpc) is 3.43. The first-order chi connectivity index (χ1) is 14.3. The van der Waals surface area contributed by atoms with E-state index < -0.39 is 11.6 Å². The highest BCUT2D eigenvalue weighted by Gasteiger charge is 2.65. The molecule has 5 heteroatoms. The fourth-order valence-electron chi connectivity index (χ4n) is 8.69. The summed E-state index contributed by atoms with van der Waals surface area (Å²) in [5, 5.41) is 0. The van der Waals surface area contributed by atoms with E-state index in [-0.39, 0.29) is 16.7 Å². The summed E-state index contributed by atoms with van der Waals surface area (Å²) >= 11 is 0. The van der Waals surface area contributed by atoms with Crippen LogP contribution in [0.5, 0.6) is 0 Å². The van der Waals surface area contributed by atoms with Crippen molar-refractivity contribution in [3.05, 3.63) is 11.6 Å². The van der Waals surface area contributed by atoms with E-state index in [9.17, 15) is 4.79 Å². The molecule has 0 radical (unpaired) electrons. The van der Waals surface area contributed by atoms with E-state index >= 15 is 0 Å². The van der Waals surface area contributed by atoms with Crippen molar-refractivity contribution in [2.75, 3.05) is 26.4 Å². The zero-order valence-corrected chi connectivity index (χ0v) is 18.7. The Kier molecular flexibility index (Phi) is 4.25. The van der Waals surface area contributed by atoms with Gasteiger partial charge in [0.15, 0.2) is 17.4 Å². The van der Waals surface area contributed by atoms with Crippen LogP contribution in [0, 0.1) is 34.5 Å². The first-order valence-corrected chi connectivity index (χ1v) is 12.1. The van der Waals surface area contributed by atoms with Gasteiger partial charge < -0.3 is 18.9 Å². The molecule has 166 valence electrons. The molecule has 2 aliphatic heterocycles. The van der Waals surface area contributed by atoms with Gasteiger partial charge in [0, 0.05) is 24.7 Å². The van der Waals surface area contributed by atoms with Crippen LogP contribution >= 0.6 is 0 Å². The van der Waals surface area contributed by atoms with Crippen LogP contribution in [0.4, 0.5) is 0 Å². The molecule has 2 saturated heterocycles. The van der Waals surface area contributed by atoms with E-state index in [0.29, 0.717) is 50.0 Å². The van der Waals surface area contributed by atoms with Crippen molar-refractivity contribution in [3.63, 3.8) is 0 Å². The number of ketones is 1. The van der Waals surface area contributed by atoms with Gasteiger partial charge in [0.25, 0.3) is 0 Å². The minimum absolute atomic E-state index is 0.100. The maximum atomic E-state index is 13.6. The summed E-state index contributed by atoms with van der Waals surface area (Å²) < 4.78 is 24.3. The van der Waals surface area contributed by atoms with Gasteiger partial charge in [0.2, 0.25) is 0 Å². The Morgan fingerprint density at radius 2 is 1.53 bits per heavy atom. The molecule has 3 saturated carbocycles. The van der Waals surface area contributed by atoms with Crippen LogP contribution < -0.4 is 0 Å². The molecule has 30 heavy (non-hydrogen) atoms. The minimum atomic E-state index is -0.479. The van der Waals surface area contributed by atoms with Gasteiger partial charge in [0.05, 0.1) is 26.4 Å². The number of hydrogen-bond acceptors (Lipinski definition) is 5.